The van der Waals surface area contributed by atoms with Gasteiger partial charge in [-0.1, -0.05) is 12.2 Å². The molecule has 1 aromatic rings. The van der Waals surface area contributed by atoms with Gasteiger partial charge in [0.1, 0.15) is 11.6 Å². The predicted molar refractivity (Wildman–Crippen MR) is 42.5 cm³/mol. The predicted octanol–water partition coefficient (Wildman–Crippen LogP) is 1.97. The Morgan fingerprint density at radius 2 is 1.75 bits per heavy atom. The van der Waals surface area contributed by atoms with E-state index < -0.39 is 11.6 Å². The van der Waals surface area contributed by atoms with Gasteiger partial charge in [0.15, 0.2) is 0 Å². The summed E-state index contributed by atoms with van der Waals surface area (Å²) in [7, 11) is 0. The summed E-state index contributed by atoms with van der Waals surface area (Å²) >= 11 is 0. The number of halogens is 2. The number of hydrogen-bond donors (Lipinski definition) is 1. The molecule has 0 atom stereocenters. The molecule has 3 heteroatoms. The highest BCUT2D eigenvalue weighted by atomic mass is 19.1. The molecule has 1 N–H and O–H groups in total. The van der Waals surface area contributed by atoms with Crippen LogP contribution in [0.4, 0.5) is 8.78 Å². The van der Waals surface area contributed by atoms with Crippen LogP contribution in [0.5, 0.6) is 0 Å². The SMILES string of the molecule is OCC=Cc1cc(F)cc(F)c1. The van der Waals surface area contributed by atoms with E-state index in [9.17, 15) is 8.78 Å². The zero-order chi connectivity index (χ0) is 8.97. The van der Waals surface area contributed by atoms with Crippen molar-refractivity contribution in [2.45, 2.75) is 0 Å². The van der Waals surface area contributed by atoms with E-state index in [1.807, 2.05) is 0 Å². The minimum Gasteiger partial charge on any atom is -0.392 e. The number of aliphatic hydroxyl groups excluding tert-OH is 1. The number of aliphatic hydroxyl groups is 1. The Kier molecular flexibility index (Phi) is 2.94. The summed E-state index contributed by atoms with van der Waals surface area (Å²) in [5.74, 6) is -1.24. The zero-order valence-electron chi connectivity index (χ0n) is 6.30. The molecule has 0 amide bonds. The average Bonchev–Trinajstić information content (AvgIpc) is 1.99. The molecule has 0 aliphatic rings. The summed E-state index contributed by atoms with van der Waals surface area (Å²) in [6.07, 6.45) is 2.86. The highest BCUT2D eigenvalue weighted by Gasteiger charge is 1.96. The van der Waals surface area contributed by atoms with Gasteiger partial charge in [-0.05, 0) is 17.7 Å². The van der Waals surface area contributed by atoms with E-state index in [0.717, 1.165) is 6.07 Å². The van der Waals surface area contributed by atoms with E-state index in [-0.39, 0.29) is 6.61 Å². The lowest BCUT2D eigenvalue weighted by Crippen LogP contribution is -1.82. The maximum Gasteiger partial charge on any atom is 0.126 e. The Balaban J connectivity index is 2.93. The molecule has 0 unspecified atom stereocenters. The maximum absolute atomic E-state index is 12.5. The molecule has 0 bridgehead atoms. The molecule has 0 spiro atoms. The molecule has 0 saturated heterocycles. The lowest BCUT2D eigenvalue weighted by molar-refractivity contribution is 0.343. The fraction of sp³-hybridized carbons (Fsp3) is 0.111. The van der Waals surface area contributed by atoms with Crippen molar-refractivity contribution >= 4 is 6.08 Å². The van der Waals surface area contributed by atoms with E-state index >= 15 is 0 Å². The van der Waals surface area contributed by atoms with Crippen molar-refractivity contribution in [2.75, 3.05) is 6.61 Å². The molecule has 0 aliphatic heterocycles. The number of rotatable bonds is 2. The van der Waals surface area contributed by atoms with Gasteiger partial charge in [-0.15, -0.1) is 0 Å². The Morgan fingerprint density at radius 1 is 1.17 bits per heavy atom. The highest BCUT2D eigenvalue weighted by Crippen LogP contribution is 2.08. The maximum atomic E-state index is 12.5. The fourth-order valence-corrected chi connectivity index (χ4v) is 0.860. The van der Waals surface area contributed by atoms with Crippen molar-refractivity contribution in [1.82, 2.24) is 0 Å². The Hall–Kier alpha value is -1.22. The van der Waals surface area contributed by atoms with E-state index in [4.69, 9.17) is 5.11 Å². The first-order chi connectivity index (χ1) is 5.72. The molecule has 12 heavy (non-hydrogen) atoms. The van der Waals surface area contributed by atoms with Gasteiger partial charge >= 0.3 is 0 Å². The van der Waals surface area contributed by atoms with Crippen molar-refractivity contribution in [1.29, 1.82) is 0 Å². The van der Waals surface area contributed by atoms with Gasteiger partial charge in [-0.3, -0.25) is 0 Å². The van der Waals surface area contributed by atoms with Crippen molar-refractivity contribution in [3.05, 3.63) is 41.5 Å². The molecule has 64 valence electrons. The molecule has 1 nitrogen and oxygen atoms in total. The lowest BCUT2D eigenvalue weighted by atomic mass is 10.2. The molecule has 0 aliphatic carbocycles. The summed E-state index contributed by atoms with van der Waals surface area (Å²) in [6, 6.07) is 3.18. The van der Waals surface area contributed by atoms with E-state index in [1.165, 1.54) is 24.3 Å². The third-order valence-electron chi connectivity index (χ3n) is 1.30. The first-order valence-corrected chi connectivity index (χ1v) is 3.46. The van der Waals surface area contributed by atoms with Crippen LogP contribution in [0.25, 0.3) is 6.08 Å². The number of benzene rings is 1. The van der Waals surface area contributed by atoms with Crippen LogP contribution < -0.4 is 0 Å². The smallest absolute Gasteiger partial charge is 0.126 e. The van der Waals surface area contributed by atoms with Crippen molar-refractivity contribution in [3.8, 4) is 0 Å². The fourth-order valence-electron chi connectivity index (χ4n) is 0.860. The largest absolute Gasteiger partial charge is 0.392 e. The number of hydrogen-bond acceptors (Lipinski definition) is 1. The van der Waals surface area contributed by atoms with Crippen LogP contribution in [-0.4, -0.2) is 11.7 Å². The third kappa shape index (κ3) is 2.43. The first kappa shape index (κ1) is 8.87. The third-order valence-corrected chi connectivity index (χ3v) is 1.30. The minimum atomic E-state index is -0.618. The Labute approximate surface area is 69.0 Å². The van der Waals surface area contributed by atoms with Gasteiger partial charge in [0.25, 0.3) is 0 Å². The summed E-state index contributed by atoms with van der Waals surface area (Å²) in [4.78, 5) is 0. The van der Waals surface area contributed by atoms with Gasteiger partial charge in [-0.25, -0.2) is 8.78 Å². The Bertz CT molecular complexity index is 274. The van der Waals surface area contributed by atoms with Gasteiger partial charge in [-0.2, -0.15) is 0 Å². The molecule has 0 saturated carbocycles. The van der Waals surface area contributed by atoms with Crippen LogP contribution in [0.3, 0.4) is 0 Å². The van der Waals surface area contributed by atoms with Gasteiger partial charge in [0.2, 0.25) is 0 Å². The minimum absolute atomic E-state index is 0.141. The van der Waals surface area contributed by atoms with Crippen LogP contribution >= 0.6 is 0 Å². The second-order valence-corrected chi connectivity index (χ2v) is 2.29. The van der Waals surface area contributed by atoms with Gasteiger partial charge < -0.3 is 5.11 Å². The van der Waals surface area contributed by atoms with Crippen LogP contribution in [0.2, 0.25) is 0 Å². The second kappa shape index (κ2) is 3.97. The van der Waals surface area contributed by atoms with Crippen LogP contribution in [0.15, 0.2) is 24.3 Å². The normalized spacial score (nSPS) is 10.9. The quantitative estimate of drug-likeness (QED) is 0.719. The van der Waals surface area contributed by atoms with E-state index in [1.54, 1.807) is 0 Å². The van der Waals surface area contributed by atoms with Crippen LogP contribution in [0, 0.1) is 11.6 Å². The van der Waals surface area contributed by atoms with Crippen molar-refractivity contribution in [3.63, 3.8) is 0 Å². The molecule has 0 radical (unpaired) electrons. The van der Waals surface area contributed by atoms with Crippen LogP contribution in [0.1, 0.15) is 5.56 Å². The second-order valence-electron chi connectivity index (χ2n) is 2.29. The van der Waals surface area contributed by atoms with Gasteiger partial charge in [0.05, 0.1) is 6.61 Å². The Morgan fingerprint density at radius 3 is 2.25 bits per heavy atom. The molecule has 1 aromatic carbocycles. The molecule has 0 heterocycles. The summed E-state index contributed by atoms with van der Waals surface area (Å²) in [5.41, 5.74) is 0.404. The molecule has 0 aromatic heterocycles. The topological polar surface area (TPSA) is 20.2 Å². The monoisotopic (exact) mass is 170 g/mol. The highest BCUT2D eigenvalue weighted by molar-refractivity contribution is 5.49. The first-order valence-electron chi connectivity index (χ1n) is 3.46. The van der Waals surface area contributed by atoms with E-state index in [2.05, 4.69) is 0 Å². The molecular formula is C9H8F2O. The standard InChI is InChI=1S/C9H8F2O/c10-8-4-7(2-1-3-12)5-9(11)6-8/h1-2,4-6,12H,3H2. The summed E-state index contributed by atoms with van der Waals surface area (Å²) in [6.45, 7) is -0.141. The van der Waals surface area contributed by atoms with Crippen molar-refractivity contribution in [2.24, 2.45) is 0 Å². The van der Waals surface area contributed by atoms with Crippen molar-refractivity contribution < 1.29 is 13.9 Å². The summed E-state index contributed by atoms with van der Waals surface area (Å²) in [5, 5.41) is 8.39. The average molecular weight is 170 g/mol. The lowest BCUT2D eigenvalue weighted by Gasteiger charge is -1.94. The molecule has 1 rings (SSSR count). The molecule has 0 fully saturated rings. The molecular weight excluding hydrogens is 162 g/mol. The van der Waals surface area contributed by atoms with Gasteiger partial charge in [0, 0.05) is 6.07 Å². The zero-order valence-corrected chi connectivity index (χ0v) is 6.30. The summed E-state index contributed by atoms with van der Waals surface area (Å²) < 4.78 is 25.0. The van der Waals surface area contributed by atoms with E-state index in [0.29, 0.717) is 5.56 Å². The van der Waals surface area contributed by atoms with Crippen LogP contribution in [-0.2, 0) is 0 Å².